The summed E-state index contributed by atoms with van der Waals surface area (Å²) in [5.74, 6) is 1.65. The molecule has 0 aromatic heterocycles. The molecule has 0 aliphatic carbocycles. The Morgan fingerprint density at radius 3 is 2.37 bits per heavy atom. The number of nitrogens with one attached hydrogen (secondary N) is 2. The normalized spacial score (nSPS) is 11.8. The monoisotopic (exact) mass is 371 g/mol. The molecule has 0 saturated heterocycles. The minimum absolute atomic E-state index is 0.00938. The molecule has 2 N–H and O–H groups in total. The number of para-hydroxylation sites is 1. The van der Waals surface area contributed by atoms with E-state index in [1.807, 2.05) is 63.5 Å². The van der Waals surface area contributed by atoms with Crippen LogP contribution in [-0.2, 0) is 6.54 Å². The Bertz CT molecular complexity index is 762. The molecule has 6 nitrogen and oxygen atoms in total. The van der Waals surface area contributed by atoms with Crippen LogP contribution in [0.1, 0.15) is 22.7 Å². The van der Waals surface area contributed by atoms with Gasteiger partial charge in [0.2, 0.25) is 0 Å². The molecule has 2 aromatic carbocycles. The Labute approximate surface area is 161 Å². The summed E-state index contributed by atoms with van der Waals surface area (Å²) in [6.07, 6.45) is 0. The van der Waals surface area contributed by atoms with E-state index in [2.05, 4.69) is 15.5 Å². The largest absolute Gasteiger partial charge is 0.496 e. The van der Waals surface area contributed by atoms with Crippen LogP contribution in [0, 0.1) is 6.92 Å². The summed E-state index contributed by atoms with van der Waals surface area (Å²) in [4.78, 5) is 14.3. The lowest BCUT2D eigenvalue weighted by molar-refractivity contribution is 0.231. The smallest absolute Gasteiger partial charge is 0.315 e. The second kappa shape index (κ2) is 9.83. The second-order valence-corrected chi connectivity index (χ2v) is 6.59. The Kier molecular flexibility index (Phi) is 7.49. The highest BCUT2D eigenvalue weighted by atomic mass is 16.5. The van der Waals surface area contributed by atoms with E-state index in [1.54, 1.807) is 14.2 Å². The van der Waals surface area contributed by atoms with Crippen LogP contribution in [0.2, 0.25) is 0 Å². The fraction of sp³-hybridized carbons (Fsp3) is 0.381. The highest BCUT2D eigenvalue weighted by Gasteiger charge is 2.18. The molecule has 2 amide bonds. The maximum atomic E-state index is 12.2. The van der Waals surface area contributed by atoms with Crippen molar-refractivity contribution in [3.8, 4) is 11.5 Å². The van der Waals surface area contributed by atoms with Crippen molar-refractivity contribution in [3.63, 3.8) is 0 Å². The molecule has 146 valence electrons. The van der Waals surface area contributed by atoms with E-state index in [1.165, 1.54) is 0 Å². The number of hydrogen-bond donors (Lipinski definition) is 2. The van der Waals surface area contributed by atoms with Gasteiger partial charge in [-0.25, -0.2) is 4.79 Å². The molecule has 6 heteroatoms. The quantitative estimate of drug-likeness (QED) is 0.748. The molecule has 2 rings (SSSR count). The lowest BCUT2D eigenvalue weighted by Gasteiger charge is -2.26. The van der Waals surface area contributed by atoms with Crippen LogP contribution in [0.15, 0.2) is 42.5 Å². The number of hydrogen-bond acceptors (Lipinski definition) is 4. The van der Waals surface area contributed by atoms with Crippen molar-refractivity contribution in [1.82, 2.24) is 15.5 Å². The minimum Gasteiger partial charge on any atom is -0.496 e. The number of carbonyl (C=O) groups is 1. The molecule has 0 aliphatic heterocycles. The van der Waals surface area contributed by atoms with Gasteiger partial charge < -0.3 is 25.0 Å². The van der Waals surface area contributed by atoms with Crippen molar-refractivity contribution in [2.75, 3.05) is 34.9 Å². The third-order valence-corrected chi connectivity index (χ3v) is 4.49. The third kappa shape index (κ3) is 5.62. The number of carbonyl (C=O) groups excluding carboxylic acids is 1. The molecule has 0 heterocycles. The molecule has 0 spiro atoms. The van der Waals surface area contributed by atoms with Gasteiger partial charge in [0.15, 0.2) is 0 Å². The zero-order chi connectivity index (χ0) is 19.8. The van der Waals surface area contributed by atoms with E-state index < -0.39 is 0 Å². The molecular formula is C21H29N3O3. The first-order valence-corrected chi connectivity index (χ1v) is 8.90. The van der Waals surface area contributed by atoms with Crippen molar-refractivity contribution in [2.45, 2.75) is 19.5 Å². The lowest BCUT2D eigenvalue weighted by atomic mass is 10.0. The average molecular weight is 371 g/mol. The van der Waals surface area contributed by atoms with Crippen LogP contribution in [-0.4, -0.2) is 45.8 Å². The molecule has 1 atom stereocenters. The molecule has 0 radical (unpaired) electrons. The van der Waals surface area contributed by atoms with E-state index >= 15 is 0 Å². The van der Waals surface area contributed by atoms with Crippen molar-refractivity contribution in [3.05, 3.63) is 59.2 Å². The Hall–Kier alpha value is -2.73. The molecular weight excluding hydrogens is 342 g/mol. The number of methoxy groups -OCH3 is 2. The molecule has 0 fully saturated rings. The standard InChI is InChI=1S/C21H29N3O3/c1-15-12-16(10-11-19(15)26-4)13-22-21(25)23-14-18(24(2)3)17-8-6-7-9-20(17)27-5/h6-12,18H,13-14H2,1-5H3,(H2,22,23,25). The Morgan fingerprint density at radius 1 is 1.04 bits per heavy atom. The first-order chi connectivity index (χ1) is 13.0. The number of ether oxygens (including phenoxy) is 2. The minimum atomic E-state index is -0.204. The average Bonchev–Trinajstić information content (AvgIpc) is 2.66. The number of rotatable bonds is 8. The van der Waals surface area contributed by atoms with E-state index in [-0.39, 0.29) is 12.1 Å². The van der Waals surface area contributed by atoms with Gasteiger partial charge in [-0.3, -0.25) is 0 Å². The molecule has 2 aromatic rings. The molecule has 0 bridgehead atoms. The summed E-state index contributed by atoms with van der Waals surface area (Å²) >= 11 is 0. The number of benzene rings is 2. The fourth-order valence-corrected chi connectivity index (χ4v) is 3.00. The van der Waals surface area contributed by atoms with Crippen molar-refractivity contribution in [1.29, 1.82) is 0 Å². The number of nitrogens with zero attached hydrogens (tertiary/aromatic N) is 1. The predicted octanol–water partition coefficient (Wildman–Crippen LogP) is 3.11. The first-order valence-electron chi connectivity index (χ1n) is 8.90. The van der Waals surface area contributed by atoms with Gasteiger partial charge >= 0.3 is 6.03 Å². The van der Waals surface area contributed by atoms with Crippen LogP contribution in [0.25, 0.3) is 0 Å². The van der Waals surface area contributed by atoms with Crippen molar-refractivity contribution >= 4 is 6.03 Å². The summed E-state index contributed by atoms with van der Waals surface area (Å²) in [5, 5.41) is 5.85. The van der Waals surface area contributed by atoms with Gasteiger partial charge in [0.05, 0.1) is 20.3 Å². The van der Waals surface area contributed by atoms with Crippen molar-refractivity contribution in [2.24, 2.45) is 0 Å². The number of aryl methyl sites for hydroxylation is 1. The summed E-state index contributed by atoms with van der Waals surface area (Å²) < 4.78 is 10.7. The third-order valence-electron chi connectivity index (χ3n) is 4.49. The van der Waals surface area contributed by atoms with Gasteiger partial charge in [0.1, 0.15) is 11.5 Å². The van der Waals surface area contributed by atoms with E-state index in [4.69, 9.17) is 9.47 Å². The second-order valence-electron chi connectivity index (χ2n) is 6.59. The first kappa shape index (κ1) is 20.6. The summed E-state index contributed by atoms with van der Waals surface area (Å²) in [6, 6.07) is 13.5. The number of amides is 2. The number of urea groups is 1. The summed E-state index contributed by atoms with van der Waals surface area (Å²) in [7, 11) is 7.27. The van der Waals surface area contributed by atoms with Gasteiger partial charge in [-0.1, -0.05) is 30.3 Å². The summed E-state index contributed by atoms with van der Waals surface area (Å²) in [5.41, 5.74) is 3.11. The molecule has 27 heavy (non-hydrogen) atoms. The van der Waals surface area contributed by atoms with Crippen LogP contribution < -0.4 is 20.1 Å². The topological polar surface area (TPSA) is 62.8 Å². The molecule has 1 unspecified atom stereocenters. The van der Waals surface area contributed by atoms with Gasteiger partial charge in [0.25, 0.3) is 0 Å². The maximum absolute atomic E-state index is 12.2. The Morgan fingerprint density at radius 2 is 1.74 bits per heavy atom. The molecule has 0 aliphatic rings. The maximum Gasteiger partial charge on any atom is 0.315 e. The van der Waals surface area contributed by atoms with Crippen LogP contribution in [0.5, 0.6) is 11.5 Å². The van der Waals surface area contributed by atoms with Gasteiger partial charge in [-0.05, 0) is 44.3 Å². The Balaban J connectivity index is 1.93. The highest BCUT2D eigenvalue weighted by Crippen LogP contribution is 2.27. The zero-order valence-electron chi connectivity index (χ0n) is 16.7. The lowest BCUT2D eigenvalue weighted by Crippen LogP contribution is -2.40. The van der Waals surface area contributed by atoms with Gasteiger partial charge in [-0.15, -0.1) is 0 Å². The summed E-state index contributed by atoms with van der Waals surface area (Å²) in [6.45, 7) is 2.91. The predicted molar refractivity (Wildman–Crippen MR) is 107 cm³/mol. The number of likely N-dealkylation sites (N-methyl/N-ethyl adjacent to an activating group) is 1. The van der Waals surface area contributed by atoms with Gasteiger partial charge in [-0.2, -0.15) is 0 Å². The highest BCUT2D eigenvalue weighted by molar-refractivity contribution is 5.73. The van der Waals surface area contributed by atoms with Crippen LogP contribution in [0.4, 0.5) is 4.79 Å². The van der Waals surface area contributed by atoms with E-state index in [9.17, 15) is 4.79 Å². The van der Waals surface area contributed by atoms with Gasteiger partial charge in [0, 0.05) is 18.7 Å². The fourth-order valence-electron chi connectivity index (χ4n) is 3.00. The SMILES string of the molecule is COc1ccc(CNC(=O)NCC(c2ccccc2OC)N(C)C)cc1C. The molecule has 0 saturated carbocycles. The van der Waals surface area contributed by atoms with E-state index in [0.717, 1.165) is 28.2 Å². The zero-order valence-corrected chi connectivity index (χ0v) is 16.7. The van der Waals surface area contributed by atoms with Crippen LogP contribution in [0.3, 0.4) is 0 Å². The van der Waals surface area contributed by atoms with Crippen LogP contribution >= 0.6 is 0 Å². The van der Waals surface area contributed by atoms with E-state index in [0.29, 0.717) is 13.1 Å². The van der Waals surface area contributed by atoms with Crippen molar-refractivity contribution < 1.29 is 14.3 Å².